The van der Waals surface area contributed by atoms with Crippen LogP contribution in [0.25, 0.3) is 22.6 Å². The van der Waals surface area contributed by atoms with Crippen LogP contribution in [0.1, 0.15) is 5.56 Å². The standard InChI is InChI=1S/C18H18N6O3/c1-11-7-13(24-9-14(10-25)27-18(24)26)4-5-15(11)12-3-6-16(19-8-12)17-20-21-22-23(17)2/h3-8,14,25H,9-10H2,1-2H3/t14-/m1/s1. The van der Waals surface area contributed by atoms with Crippen LogP contribution in [0.4, 0.5) is 10.5 Å². The molecule has 2 aromatic heterocycles. The van der Waals surface area contributed by atoms with Crippen LogP contribution in [0.3, 0.4) is 0 Å². The second-order valence-corrected chi connectivity index (χ2v) is 6.36. The van der Waals surface area contributed by atoms with Gasteiger partial charge >= 0.3 is 6.09 Å². The molecule has 0 saturated carbocycles. The molecule has 1 amide bonds. The Labute approximate surface area is 155 Å². The molecule has 9 nitrogen and oxygen atoms in total. The summed E-state index contributed by atoms with van der Waals surface area (Å²) in [5.41, 5.74) is 4.40. The minimum absolute atomic E-state index is 0.182. The van der Waals surface area contributed by atoms with Gasteiger partial charge in [-0.25, -0.2) is 9.48 Å². The van der Waals surface area contributed by atoms with E-state index >= 15 is 0 Å². The van der Waals surface area contributed by atoms with E-state index in [0.29, 0.717) is 18.1 Å². The largest absolute Gasteiger partial charge is 0.441 e. The number of ether oxygens (including phenoxy) is 1. The number of tetrazole rings is 1. The minimum atomic E-state index is -0.482. The van der Waals surface area contributed by atoms with E-state index in [-0.39, 0.29) is 6.61 Å². The van der Waals surface area contributed by atoms with Gasteiger partial charge < -0.3 is 9.84 Å². The number of aliphatic hydroxyl groups excluding tert-OH is 1. The number of pyridine rings is 1. The van der Waals surface area contributed by atoms with Crippen LogP contribution in [-0.4, -0.2) is 55.6 Å². The summed E-state index contributed by atoms with van der Waals surface area (Å²) in [6.07, 6.45) is 0.853. The van der Waals surface area contributed by atoms with Crippen LogP contribution in [0.15, 0.2) is 36.5 Å². The minimum Gasteiger partial charge on any atom is -0.441 e. The second kappa shape index (κ2) is 6.76. The van der Waals surface area contributed by atoms with Crippen molar-refractivity contribution in [2.24, 2.45) is 7.05 Å². The highest BCUT2D eigenvalue weighted by atomic mass is 16.6. The number of aromatic nitrogens is 5. The molecule has 1 N–H and O–H groups in total. The SMILES string of the molecule is Cc1cc(N2C[C@H](CO)OC2=O)ccc1-c1ccc(-c2nnnn2C)nc1. The van der Waals surface area contributed by atoms with Crippen LogP contribution in [0, 0.1) is 6.92 Å². The van der Waals surface area contributed by atoms with E-state index in [1.54, 1.807) is 17.9 Å². The molecular formula is C18H18N6O3. The maximum atomic E-state index is 12.0. The average molecular weight is 366 g/mol. The maximum Gasteiger partial charge on any atom is 0.414 e. The quantitative estimate of drug-likeness (QED) is 0.747. The number of hydrogen-bond acceptors (Lipinski definition) is 7. The molecule has 0 radical (unpaired) electrons. The summed E-state index contributed by atoms with van der Waals surface area (Å²) in [4.78, 5) is 17.9. The number of rotatable bonds is 4. The molecule has 4 rings (SSSR count). The zero-order chi connectivity index (χ0) is 19.0. The lowest BCUT2D eigenvalue weighted by Gasteiger charge is -2.15. The molecule has 1 aliphatic heterocycles. The normalized spacial score (nSPS) is 16.6. The van der Waals surface area contributed by atoms with Gasteiger partial charge in [-0.1, -0.05) is 12.1 Å². The fraction of sp³-hybridized carbons (Fsp3) is 0.278. The van der Waals surface area contributed by atoms with Crippen LogP contribution < -0.4 is 4.90 Å². The van der Waals surface area contributed by atoms with E-state index in [9.17, 15) is 9.90 Å². The van der Waals surface area contributed by atoms with Crippen molar-refractivity contribution in [1.29, 1.82) is 0 Å². The summed E-state index contributed by atoms with van der Waals surface area (Å²) in [5, 5.41) is 20.6. The van der Waals surface area contributed by atoms with Gasteiger partial charge in [0.15, 0.2) is 5.82 Å². The summed E-state index contributed by atoms with van der Waals surface area (Å²) in [7, 11) is 1.76. The Kier molecular flexibility index (Phi) is 4.28. The first-order valence-electron chi connectivity index (χ1n) is 8.45. The van der Waals surface area contributed by atoms with Gasteiger partial charge in [-0.05, 0) is 46.7 Å². The molecule has 27 heavy (non-hydrogen) atoms. The van der Waals surface area contributed by atoms with E-state index < -0.39 is 12.2 Å². The second-order valence-electron chi connectivity index (χ2n) is 6.36. The van der Waals surface area contributed by atoms with Gasteiger partial charge in [-0.15, -0.1) is 5.10 Å². The van der Waals surface area contributed by atoms with Gasteiger partial charge in [-0.2, -0.15) is 0 Å². The highest BCUT2D eigenvalue weighted by Crippen LogP contribution is 2.30. The van der Waals surface area contributed by atoms with E-state index in [1.807, 2.05) is 37.3 Å². The Morgan fingerprint density at radius 1 is 1.30 bits per heavy atom. The van der Waals surface area contributed by atoms with Gasteiger partial charge in [0.1, 0.15) is 11.8 Å². The summed E-state index contributed by atoms with van der Waals surface area (Å²) in [6, 6.07) is 9.58. The molecule has 138 valence electrons. The predicted molar refractivity (Wildman–Crippen MR) is 96.9 cm³/mol. The topological polar surface area (TPSA) is 106 Å². The number of cyclic esters (lactones) is 1. The third-order valence-corrected chi connectivity index (χ3v) is 4.52. The number of aryl methyl sites for hydroxylation is 2. The van der Waals surface area contributed by atoms with Gasteiger partial charge in [0.2, 0.25) is 0 Å². The van der Waals surface area contributed by atoms with Crippen molar-refractivity contribution in [2.45, 2.75) is 13.0 Å². The van der Waals surface area contributed by atoms with E-state index in [0.717, 1.165) is 22.4 Å². The molecule has 3 aromatic rings. The maximum absolute atomic E-state index is 12.0. The number of carbonyl (C=O) groups excluding carboxylic acids is 1. The van der Waals surface area contributed by atoms with Crippen molar-refractivity contribution in [1.82, 2.24) is 25.2 Å². The van der Waals surface area contributed by atoms with Crippen LogP contribution in [0.2, 0.25) is 0 Å². The molecule has 0 bridgehead atoms. The van der Waals surface area contributed by atoms with E-state index in [1.165, 1.54) is 4.90 Å². The Bertz CT molecular complexity index is 985. The number of aliphatic hydroxyl groups is 1. The Morgan fingerprint density at radius 3 is 2.74 bits per heavy atom. The van der Waals surface area contributed by atoms with Gasteiger partial charge in [0, 0.05) is 24.5 Å². The molecule has 9 heteroatoms. The molecule has 0 spiro atoms. The first-order valence-corrected chi connectivity index (χ1v) is 8.45. The van der Waals surface area contributed by atoms with Crippen LogP contribution >= 0.6 is 0 Å². The monoisotopic (exact) mass is 366 g/mol. The number of benzene rings is 1. The molecule has 1 fully saturated rings. The van der Waals surface area contributed by atoms with E-state index in [2.05, 4.69) is 20.5 Å². The Hall–Kier alpha value is -3.33. The number of anilines is 1. The molecule has 0 aliphatic carbocycles. The summed E-state index contributed by atoms with van der Waals surface area (Å²) >= 11 is 0. The molecular weight excluding hydrogens is 348 g/mol. The predicted octanol–water partition coefficient (Wildman–Crippen LogP) is 1.57. The summed E-state index contributed by atoms with van der Waals surface area (Å²) < 4.78 is 6.67. The molecule has 1 atom stereocenters. The Balaban J connectivity index is 1.60. The molecule has 1 aliphatic rings. The lowest BCUT2D eigenvalue weighted by atomic mass is 10.0. The van der Waals surface area contributed by atoms with Crippen molar-refractivity contribution in [3.63, 3.8) is 0 Å². The lowest BCUT2D eigenvalue weighted by molar-refractivity contribution is 0.0963. The fourth-order valence-electron chi connectivity index (χ4n) is 3.10. The molecule has 0 unspecified atom stereocenters. The van der Waals surface area contributed by atoms with Gasteiger partial charge in [-0.3, -0.25) is 9.88 Å². The van der Waals surface area contributed by atoms with Crippen LogP contribution in [-0.2, 0) is 11.8 Å². The van der Waals surface area contributed by atoms with Gasteiger partial charge in [0.05, 0.1) is 13.2 Å². The molecule has 3 heterocycles. The van der Waals surface area contributed by atoms with Crippen molar-refractivity contribution in [3.05, 3.63) is 42.1 Å². The first kappa shape index (κ1) is 17.1. The van der Waals surface area contributed by atoms with Crippen molar-refractivity contribution in [3.8, 4) is 22.6 Å². The number of nitrogens with zero attached hydrogens (tertiary/aromatic N) is 6. The van der Waals surface area contributed by atoms with Crippen molar-refractivity contribution >= 4 is 11.8 Å². The average Bonchev–Trinajstić information content (AvgIpc) is 3.27. The fourth-order valence-corrected chi connectivity index (χ4v) is 3.10. The number of amides is 1. The lowest BCUT2D eigenvalue weighted by Crippen LogP contribution is -2.25. The first-order chi connectivity index (χ1) is 13.1. The third kappa shape index (κ3) is 3.13. The van der Waals surface area contributed by atoms with Crippen molar-refractivity contribution in [2.75, 3.05) is 18.1 Å². The summed E-state index contributed by atoms with van der Waals surface area (Å²) in [6.45, 7) is 2.14. The molecule has 1 saturated heterocycles. The smallest absolute Gasteiger partial charge is 0.414 e. The van der Waals surface area contributed by atoms with Crippen molar-refractivity contribution < 1.29 is 14.6 Å². The molecule has 1 aromatic carbocycles. The van der Waals surface area contributed by atoms with E-state index in [4.69, 9.17) is 4.74 Å². The highest BCUT2D eigenvalue weighted by Gasteiger charge is 2.31. The number of carbonyl (C=O) groups is 1. The third-order valence-electron chi connectivity index (χ3n) is 4.52. The number of hydrogen-bond donors (Lipinski definition) is 1. The zero-order valence-corrected chi connectivity index (χ0v) is 14.9. The summed E-state index contributed by atoms with van der Waals surface area (Å²) in [5.74, 6) is 0.597. The highest BCUT2D eigenvalue weighted by molar-refractivity contribution is 5.90. The zero-order valence-electron chi connectivity index (χ0n) is 14.9. The Morgan fingerprint density at radius 2 is 2.15 bits per heavy atom. The van der Waals surface area contributed by atoms with Gasteiger partial charge in [0.25, 0.3) is 0 Å². The van der Waals surface area contributed by atoms with Crippen LogP contribution in [0.5, 0.6) is 0 Å².